The van der Waals surface area contributed by atoms with Gasteiger partial charge in [-0.3, -0.25) is 0 Å². The molecule has 2 aromatic rings. The smallest absolute Gasteiger partial charge is 0.229 e. The van der Waals surface area contributed by atoms with Crippen molar-refractivity contribution in [2.24, 2.45) is 0 Å². The van der Waals surface area contributed by atoms with Crippen LogP contribution in [0, 0.1) is 0 Å². The van der Waals surface area contributed by atoms with Gasteiger partial charge in [-0.2, -0.15) is 9.67 Å². The van der Waals surface area contributed by atoms with Gasteiger partial charge < -0.3 is 4.90 Å². The fourth-order valence-corrected chi connectivity index (χ4v) is 3.58. The molecule has 0 amide bonds. The Morgan fingerprint density at radius 2 is 1.57 bits per heavy atom. The van der Waals surface area contributed by atoms with Gasteiger partial charge in [0.1, 0.15) is 5.69 Å². The lowest BCUT2D eigenvalue weighted by Crippen LogP contribution is -2.39. The highest BCUT2D eigenvalue weighted by Gasteiger charge is 2.24. The zero-order valence-corrected chi connectivity index (χ0v) is 16.2. The van der Waals surface area contributed by atoms with E-state index in [1.165, 1.54) is 0 Å². The number of aromatic nitrogens is 3. The van der Waals surface area contributed by atoms with Crippen molar-refractivity contribution in [2.75, 3.05) is 4.90 Å². The minimum absolute atomic E-state index is 0.257. The summed E-state index contributed by atoms with van der Waals surface area (Å²) in [5.41, 5.74) is 0.603. The fourth-order valence-electron chi connectivity index (χ4n) is 2.61. The molecule has 0 spiro atoms. The summed E-state index contributed by atoms with van der Waals surface area (Å²) in [5, 5.41) is 5.98. The second-order valence-electron chi connectivity index (χ2n) is 5.91. The lowest BCUT2D eigenvalue weighted by Gasteiger charge is -2.31. The van der Waals surface area contributed by atoms with E-state index in [-0.39, 0.29) is 12.1 Å². The standard InChI is InChI=1S/C16H21Cl3N4/c1-6-14-20-16(22(9(2)3)10(4)5)23(21-14)15-12(18)7-11(17)8-13(15)19/h7-10H,6H2,1-5H3. The molecular formula is C16H21Cl3N4. The number of anilines is 1. The third-order valence-corrected chi connectivity index (χ3v) is 4.28. The predicted octanol–water partition coefficient (Wildman–Crippen LogP) is 5.41. The summed E-state index contributed by atoms with van der Waals surface area (Å²) in [6.45, 7) is 10.5. The van der Waals surface area contributed by atoms with E-state index in [4.69, 9.17) is 34.8 Å². The Morgan fingerprint density at radius 3 is 2.00 bits per heavy atom. The molecule has 0 saturated heterocycles. The normalized spacial score (nSPS) is 11.6. The molecule has 23 heavy (non-hydrogen) atoms. The summed E-state index contributed by atoms with van der Waals surface area (Å²) >= 11 is 18.8. The Labute approximate surface area is 152 Å². The molecule has 2 rings (SSSR count). The highest BCUT2D eigenvalue weighted by atomic mass is 35.5. The van der Waals surface area contributed by atoms with Crippen molar-refractivity contribution in [3.63, 3.8) is 0 Å². The fraction of sp³-hybridized carbons (Fsp3) is 0.500. The summed E-state index contributed by atoms with van der Waals surface area (Å²) < 4.78 is 1.72. The Hall–Kier alpha value is -0.970. The molecule has 126 valence electrons. The van der Waals surface area contributed by atoms with Crippen LogP contribution >= 0.6 is 34.8 Å². The second kappa shape index (κ2) is 7.29. The quantitative estimate of drug-likeness (QED) is 0.700. The van der Waals surface area contributed by atoms with Crippen LogP contribution in [-0.4, -0.2) is 26.8 Å². The Kier molecular flexibility index (Phi) is 5.82. The van der Waals surface area contributed by atoms with E-state index in [9.17, 15) is 0 Å². The van der Waals surface area contributed by atoms with E-state index < -0.39 is 0 Å². The monoisotopic (exact) mass is 374 g/mol. The summed E-state index contributed by atoms with van der Waals surface area (Å²) in [4.78, 5) is 6.87. The van der Waals surface area contributed by atoms with Gasteiger partial charge in [-0.05, 0) is 39.8 Å². The average Bonchev–Trinajstić information content (AvgIpc) is 2.80. The predicted molar refractivity (Wildman–Crippen MR) is 98.5 cm³/mol. The zero-order chi connectivity index (χ0) is 17.3. The van der Waals surface area contributed by atoms with Crippen LogP contribution in [0.5, 0.6) is 0 Å². The van der Waals surface area contributed by atoms with Crippen molar-refractivity contribution in [3.05, 3.63) is 33.0 Å². The first kappa shape index (κ1) is 18.4. The van der Waals surface area contributed by atoms with Crippen LogP contribution in [0.3, 0.4) is 0 Å². The first-order chi connectivity index (χ1) is 10.8. The third-order valence-electron chi connectivity index (χ3n) is 3.49. The van der Waals surface area contributed by atoms with Crippen LogP contribution in [0.2, 0.25) is 15.1 Å². The van der Waals surface area contributed by atoms with Crippen molar-refractivity contribution < 1.29 is 0 Å². The van der Waals surface area contributed by atoms with Crippen molar-refractivity contribution in [2.45, 2.75) is 53.1 Å². The molecule has 0 fully saturated rings. The molecule has 0 radical (unpaired) electrons. The van der Waals surface area contributed by atoms with Crippen LogP contribution < -0.4 is 4.90 Å². The Balaban J connectivity index is 2.70. The van der Waals surface area contributed by atoms with Crippen LogP contribution in [0.25, 0.3) is 5.69 Å². The highest BCUT2D eigenvalue weighted by molar-refractivity contribution is 6.40. The van der Waals surface area contributed by atoms with Gasteiger partial charge in [0.2, 0.25) is 5.95 Å². The molecule has 0 N–H and O–H groups in total. The maximum absolute atomic E-state index is 6.38. The van der Waals surface area contributed by atoms with Crippen LogP contribution in [-0.2, 0) is 6.42 Å². The van der Waals surface area contributed by atoms with Crippen LogP contribution in [0.4, 0.5) is 5.95 Å². The van der Waals surface area contributed by atoms with Gasteiger partial charge >= 0.3 is 0 Å². The molecule has 0 unspecified atom stereocenters. The number of aryl methyl sites for hydroxylation is 1. The lowest BCUT2D eigenvalue weighted by molar-refractivity contribution is 0.582. The van der Waals surface area contributed by atoms with Gasteiger partial charge in [-0.1, -0.05) is 41.7 Å². The maximum Gasteiger partial charge on any atom is 0.229 e. The van der Waals surface area contributed by atoms with Crippen LogP contribution in [0.1, 0.15) is 40.4 Å². The number of hydrogen-bond donors (Lipinski definition) is 0. The number of hydrogen-bond acceptors (Lipinski definition) is 3. The third kappa shape index (κ3) is 3.76. The zero-order valence-electron chi connectivity index (χ0n) is 13.9. The molecule has 0 aliphatic carbocycles. The lowest BCUT2D eigenvalue weighted by atomic mass is 10.2. The summed E-state index contributed by atoms with van der Waals surface area (Å²) in [6.07, 6.45) is 0.729. The molecule has 1 aromatic heterocycles. The van der Waals surface area contributed by atoms with Gasteiger partial charge in [-0.15, -0.1) is 5.10 Å². The van der Waals surface area contributed by atoms with Gasteiger partial charge in [0.15, 0.2) is 5.82 Å². The molecule has 7 heteroatoms. The number of rotatable bonds is 5. The van der Waals surface area contributed by atoms with Crippen molar-refractivity contribution in [1.29, 1.82) is 0 Å². The topological polar surface area (TPSA) is 34.0 Å². The number of halogens is 3. The second-order valence-corrected chi connectivity index (χ2v) is 7.16. The molecule has 0 aliphatic heterocycles. The minimum Gasteiger partial charge on any atom is -0.336 e. The maximum atomic E-state index is 6.38. The molecule has 1 heterocycles. The Morgan fingerprint density at radius 1 is 1.04 bits per heavy atom. The molecule has 0 aliphatic rings. The van der Waals surface area contributed by atoms with E-state index in [0.29, 0.717) is 20.8 Å². The van der Waals surface area contributed by atoms with E-state index >= 15 is 0 Å². The number of nitrogens with zero attached hydrogens (tertiary/aromatic N) is 4. The van der Waals surface area contributed by atoms with Crippen molar-refractivity contribution in [1.82, 2.24) is 14.8 Å². The largest absolute Gasteiger partial charge is 0.336 e. The van der Waals surface area contributed by atoms with E-state index in [1.807, 2.05) is 6.92 Å². The number of benzene rings is 1. The SMILES string of the molecule is CCc1nc(N(C(C)C)C(C)C)n(-c2c(Cl)cc(Cl)cc2Cl)n1. The van der Waals surface area contributed by atoms with Gasteiger partial charge in [0.25, 0.3) is 0 Å². The average molecular weight is 376 g/mol. The van der Waals surface area contributed by atoms with Crippen LogP contribution in [0.15, 0.2) is 12.1 Å². The van der Waals surface area contributed by atoms with E-state index in [1.54, 1.807) is 16.8 Å². The van der Waals surface area contributed by atoms with Crippen molar-refractivity contribution >= 4 is 40.8 Å². The molecule has 1 aromatic carbocycles. The summed E-state index contributed by atoms with van der Waals surface area (Å²) in [5.74, 6) is 1.48. The highest BCUT2D eigenvalue weighted by Crippen LogP contribution is 2.34. The summed E-state index contributed by atoms with van der Waals surface area (Å²) in [6, 6.07) is 3.84. The first-order valence-electron chi connectivity index (χ1n) is 7.65. The van der Waals surface area contributed by atoms with E-state index in [2.05, 4.69) is 42.7 Å². The molecule has 4 nitrogen and oxygen atoms in total. The van der Waals surface area contributed by atoms with Gasteiger partial charge in [0, 0.05) is 23.5 Å². The summed E-state index contributed by atoms with van der Waals surface area (Å²) in [7, 11) is 0. The Bertz CT molecular complexity index is 664. The minimum atomic E-state index is 0.257. The van der Waals surface area contributed by atoms with Gasteiger partial charge in [-0.25, -0.2) is 0 Å². The van der Waals surface area contributed by atoms with Crippen molar-refractivity contribution in [3.8, 4) is 5.69 Å². The molecular weight excluding hydrogens is 355 g/mol. The van der Waals surface area contributed by atoms with Gasteiger partial charge in [0.05, 0.1) is 10.0 Å². The first-order valence-corrected chi connectivity index (χ1v) is 8.78. The molecule has 0 bridgehead atoms. The molecule has 0 saturated carbocycles. The molecule has 0 atom stereocenters. The van der Waals surface area contributed by atoms with E-state index in [0.717, 1.165) is 18.2 Å².